The zero-order valence-corrected chi connectivity index (χ0v) is 38.9. The highest BCUT2D eigenvalue weighted by Crippen LogP contribution is 2.44. The van der Waals surface area contributed by atoms with Gasteiger partial charge in [0.1, 0.15) is 11.5 Å². The van der Waals surface area contributed by atoms with Crippen molar-refractivity contribution in [1.29, 1.82) is 0 Å². The van der Waals surface area contributed by atoms with Gasteiger partial charge in [0.15, 0.2) is 0 Å². The number of rotatable bonds is 0. The third-order valence-corrected chi connectivity index (χ3v) is 9.25. The van der Waals surface area contributed by atoms with Gasteiger partial charge in [0.25, 0.3) is 0 Å². The lowest BCUT2D eigenvalue weighted by atomic mass is 9.60. The van der Waals surface area contributed by atoms with Crippen molar-refractivity contribution >= 4 is 35.6 Å². The van der Waals surface area contributed by atoms with Gasteiger partial charge in [0.2, 0.25) is 0 Å². The number of hydrogen-bond acceptors (Lipinski definition) is 10. The molecule has 4 aliphatic heterocycles. The molecule has 0 atom stereocenters. The Morgan fingerprint density at radius 2 is 0.818 bits per heavy atom. The number of benzene rings is 1. The van der Waals surface area contributed by atoms with Crippen LogP contribution < -0.4 is 9.31 Å². The Labute approximate surface area is 339 Å². The molecule has 0 unspecified atom stereocenters. The predicted molar refractivity (Wildman–Crippen MR) is 232 cm³/mol. The quantitative estimate of drug-likeness (QED) is 0.247. The maximum atomic E-state index is 8.44. The van der Waals surface area contributed by atoms with Gasteiger partial charge in [-0.2, -0.15) is 0 Å². The Morgan fingerprint density at radius 3 is 1.07 bits per heavy atom. The first-order valence-electron chi connectivity index (χ1n) is 20.1. The fraction of sp³-hybridized carbons (Fsp3) is 0.850. The second kappa shape index (κ2) is 19.7. The monoisotopic (exact) mass is 775 g/mol. The first kappa shape index (κ1) is 51.8. The summed E-state index contributed by atoms with van der Waals surface area (Å²) in [5.74, 6) is 1.70. The van der Waals surface area contributed by atoms with E-state index in [2.05, 4.69) is 125 Å². The summed E-state index contributed by atoms with van der Waals surface area (Å²) in [5, 5.41) is 16.8. The Hall–Kier alpha value is -1.18. The lowest BCUT2D eigenvalue weighted by Crippen LogP contribution is -2.45. The van der Waals surface area contributed by atoms with Gasteiger partial charge >= 0.3 is 35.6 Å². The maximum Gasteiger partial charge on any atom is 0.600 e. The number of fused-ring (bicyclic) bond motifs is 1. The Bertz CT molecular complexity index is 1220. The molecule has 0 spiro atoms. The van der Waals surface area contributed by atoms with Gasteiger partial charge in [-0.25, -0.2) is 0 Å². The minimum Gasteiger partial charge on any atom is -0.523 e. The molecule has 4 aliphatic rings. The molecule has 10 nitrogen and oxygen atoms in total. The third kappa shape index (κ3) is 18.1. The minimum absolute atomic E-state index is 0.00116. The van der Waals surface area contributed by atoms with Gasteiger partial charge in [-0.1, -0.05) is 130 Å². The zero-order chi connectivity index (χ0) is 43.1. The van der Waals surface area contributed by atoms with Crippen LogP contribution >= 0.6 is 0 Å². The maximum absolute atomic E-state index is 8.44. The molecule has 0 bridgehead atoms. The Kier molecular flexibility index (Phi) is 18.6. The molecule has 0 aliphatic carbocycles. The van der Waals surface area contributed by atoms with Crippen LogP contribution in [-0.4, -0.2) is 83.3 Å². The van der Waals surface area contributed by atoms with Crippen LogP contribution in [0.1, 0.15) is 152 Å². The summed E-state index contributed by atoms with van der Waals surface area (Å²) < 4.78 is 45.2. The smallest absolute Gasteiger partial charge is 0.523 e. The van der Waals surface area contributed by atoms with Gasteiger partial charge in [-0.3, -0.25) is 0 Å². The molecule has 3 fully saturated rings. The van der Waals surface area contributed by atoms with Crippen molar-refractivity contribution in [3.8, 4) is 11.5 Å². The molecule has 5 rings (SSSR count). The fourth-order valence-corrected chi connectivity index (χ4v) is 4.63. The SMILES string of the molecule is CC(C)(C)B(O)O.CC(C)(C)B1OC(C)(C)C(C)(C)O1.CC(C)(C)B1OCCCO1.CC(C)(C)B1Oc2ccccc2O1.CC1(C)COB(C(C)(C)C)OC1. The summed E-state index contributed by atoms with van der Waals surface area (Å²) in [4.78, 5) is 0. The van der Waals surface area contributed by atoms with Crippen molar-refractivity contribution < 1.29 is 47.3 Å². The molecular formula is C40H79B5O10. The average Bonchev–Trinajstić information content (AvgIpc) is 3.55. The topological polar surface area (TPSA) is 114 Å². The van der Waals surface area contributed by atoms with Crippen molar-refractivity contribution in [2.45, 2.75) is 190 Å². The summed E-state index contributed by atoms with van der Waals surface area (Å²) >= 11 is 0. The number of para-hydroxylation sites is 2. The van der Waals surface area contributed by atoms with E-state index in [9.17, 15) is 0 Å². The molecule has 1 aromatic rings. The largest absolute Gasteiger partial charge is 0.600 e. The zero-order valence-electron chi connectivity index (χ0n) is 38.9. The van der Waals surface area contributed by atoms with Crippen LogP contribution in [0.2, 0.25) is 26.6 Å². The molecule has 4 heterocycles. The van der Waals surface area contributed by atoms with E-state index in [1.807, 2.05) is 24.3 Å². The normalized spacial score (nSPS) is 20.4. The Morgan fingerprint density at radius 1 is 0.509 bits per heavy atom. The molecule has 55 heavy (non-hydrogen) atoms. The van der Waals surface area contributed by atoms with Gasteiger partial charge in [-0.05, 0) is 67.5 Å². The molecule has 0 aromatic heterocycles. The van der Waals surface area contributed by atoms with E-state index < -0.39 is 7.12 Å². The summed E-state index contributed by atoms with van der Waals surface area (Å²) in [7, 11) is -1.50. The Balaban J connectivity index is 0.000000349. The van der Waals surface area contributed by atoms with E-state index in [4.69, 9.17) is 47.3 Å². The second-order valence-electron chi connectivity index (χ2n) is 22.4. The minimum atomic E-state index is -1.20. The molecule has 0 amide bonds. The lowest BCUT2D eigenvalue weighted by Gasteiger charge is -2.37. The molecule has 0 saturated carbocycles. The van der Waals surface area contributed by atoms with E-state index in [1.165, 1.54) is 0 Å². The van der Waals surface area contributed by atoms with Gasteiger partial charge in [0, 0.05) is 37.2 Å². The van der Waals surface area contributed by atoms with Gasteiger partial charge < -0.3 is 47.3 Å². The van der Waals surface area contributed by atoms with Gasteiger partial charge in [-0.15, -0.1) is 0 Å². The van der Waals surface area contributed by atoms with Crippen molar-refractivity contribution in [2.75, 3.05) is 26.4 Å². The lowest BCUT2D eigenvalue weighted by molar-refractivity contribution is 0.00578. The second-order valence-corrected chi connectivity index (χ2v) is 22.4. The summed E-state index contributed by atoms with van der Waals surface area (Å²) in [5.41, 5.74) is -0.225. The van der Waals surface area contributed by atoms with Gasteiger partial charge in [0.05, 0.1) is 11.2 Å². The van der Waals surface area contributed by atoms with E-state index in [0.717, 1.165) is 44.3 Å². The highest BCUT2D eigenvalue weighted by molar-refractivity contribution is 6.51. The van der Waals surface area contributed by atoms with Crippen molar-refractivity contribution in [3.63, 3.8) is 0 Å². The molecule has 15 heteroatoms. The van der Waals surface area contributed by atoms with Crippen LogP contribution in [0.25, 0.3) is 0 Å². The average molecular weight is 774 g/mol. The summed E-state index contributed by atoms with van der Waals surface area (Å²) in [6.45, 7) is 46.7. The molecule has 1 aromatic carbocycles. The van der Waals surface area contributed by atoms with E-state index in [1.54, 1.807) is 20.8 Å². The first-order chi connectivity index (χ1) is 24.5. The third-order valence-electron chi connectivity index (χ3n) is 9.25. The first-order valence-corrected chi connectivity index (χ1v) is 20.1. The van der Waals surface area contributed by atoms with E-state index >= 15 is 0 Å². The highest BCUT2D eigenvalue weighted by atomic mass is 16.7. The number of hydrogen-bond donors (Lipinski definition) is 2. The molecule has 3 saturated heterocycles. The van der Waals surface area contributed by atoms with Crippen LogP contribution in [0.5, 0.6) is 11.5 Å². The highest BCUT2D eigenvalue weighted by Gasteiger charge is 2.55. The molecular weight excluding hydrogens is 694 g/mol. The molecule has 2 N–H and O–H groups in total. The van der Waals surface area contributed by atoms with Crippen LogP contribution in [0.4, 0.5) is 0 Å². The van der Waals surface area contributed by atoms with Crippen LogP contribution in [0.3, 0.4) is 0 Å². The fourth-order valence-electron chi connectivity index (χ4n) is 4.63. The van der Waals surface area contributed by atoms with Crippen molar-refractivity contribution in [1.82, 2.24) is 0 Å². The van der Waals surface area contributed by atoms with Crippen LogP contribution in [-0.2, 0) is 27.9 Å². The van der Waals surface area contributed by atoms with E-state index in [0.29, 0.717) is 0 Å². The molecule has 0 radical (unpaired) electrons. The van der Waals surface area contributed by atoms with Crippen molar-refractivity contribution in [2.24, 2.45) is 5.41 Å². The van der Waals surface area contributed by atoms with E-state index in [-0.39, 0.29) is 71.7 Å². The standard InChI is InChI=1S/C10H13BO2.C10H21BO2.C9H19BO2.C7H15BO2.C4H11BO2/c1-10(2,3)11-12-8-6-4-5-7-9(8)13-11;1-8(2,3)11-12-9(4,5)10(6,7)13-11;1-8(2,3)10-11-6-9(4,5)7-12-10;1-7(2,3)8-9-5-4-6-10-8;1-4(2,3)5(6)7/h4-7H,1-3H3;1-7H3;6-7H2,1-5H3;4-6H2,1-3H3;6-7H,1-3H3. The summed E-state index contributed by atoms with van der Waals surface area (Å²) in [6, 6.07) is 7.77. The van der Waals surface area contributed by atoms with Crippen molar-refractivity contribution in [3.05, 3.63) is 24.3 Å². The van der Waals surface area contributed by atoms with Crippen LogP contribution in [0, 0.1) is 5.41 Å². The molecule has 314 valence electrons. The van der Waals surface area contributed by atoms with Crippen LogP contribution in [0.15, 0.2) is 24.3 Å². The predicted octanol–water partition coefficient (Wildman–Crippen LogP) is 9.94. The summed E-state index contributed by atoms with van der Waals surface area (Å²) in [6.07, 6.45) is 1.03.